The van der Waals surface area contributed by atoms with Crippen LogP contribution in [0.4, 0.5) is 17.6 Å². The Balaban J connectivity index is 1.77. The minimum absolute atomic E-state index is 0.0693. The minimum atomic E-state index is -4.73. The molecule has 0 atom stereocenters. The average molecular weight is 481 g/mol. The molecule has 1 amide bonds. The van der Waals surface area contributed by atoms with Crippen LogP contribution < -0.4 is 4.74 Å². The fourth-order valence-corrected chi connectivity index (χ4v) is 5.04. The van der Waals surface area contributed by atoms with Crippen LogP contribution in [0.5, 0.6) is 5.75 Å². The van der Waals surface area contributed by atoms with Crippen LogP contribution >= 0.6 is 11.6 Å². The second kappa shape index (κ2) is 8.64. The maximum absolute atomic E-state index is 14.2. The lowest BCUT2D eigenvalue weighted by molar-refractivity contribution is -0.137. The van der Waals surface area contributed by atoms with Gasteiger partial charge < -0.3 is 9.64 Å². The number of piperazine rings is 1. The van der Waals surface area contributed by atoms with E-state index in [0.29, 0.717) is 12.1 Å². The summed E-state index contributed by atoms with van der Waals surface area (Å²) in [6.45, 7) is -0.503. The SMILES string of the molecule is COc1ccc(C(=O)N2CCN(S(=O)(=O)c3cc(C(F)(F)F)ccc3Cl)CC2)c(F)c1. The predicted molar refractivity (Wildman–Crippen MR) is 104 cm³/mol. The first kappa shape index (κ1) is 23.3. The fourth-order valence-electron chi connectivity index (χ4n) is 3.11. The number of rotatable bonds is 4. The summed E-state index contributed by atoms with van der Waals surface area (Å²) >= 11 is 5.86. The predicted octanol–water partition coefficient (Wildman–Crippen LogP) is 3.65. The van der Waals surface area contributed by atoms with E-state index in [0.717, 1.165) is 16.4 Å². The lowest BCUT2D eigenvalue weighted by Crippen LogP contribution is -2.50. The second-order valence-corrected chi connectivity index (χ2v) is 9.00. The number of sulfonamides is 1. The van der Waals surface area contributed by atoms with Crippen molar-refractivity contribution in [3.63, 3.8) is 0 Å². The van der Waals surface area contributed by atoms with Crippen LogP contribution in [0.1, 0.15) is 15.9 Å². The van der Waals surface area contributed by atoms with Crippen molar-refractivity contribution in [2.45, 2.75) is 11.1 Å². The summed E-state index contributed by atoms with van der Waals surface area (Å²) in [5.74, 6) is -1.17. The zero-order valence-corrected chi connectivity index (χ0v) is 17.7. The third kappa shape index (κ3) is 4.78. The van der Waals surface area contributed by atoms with Gasteiger partial charge in [-0.2, -0.15) is 17.5 Å². The molecule has 0 radical (unpaired) electrons. The minimum Gasteiger partial charge on any atom is -0.497 e. The van der Waals surface area contributed by atoms with Crippen LogP contribution in [0.15, 0.2) is 41.3 Å². The number of halogens is 5. The molecule has 0 bridgehead atoms. The highest BCUT2D eigenvalue weighted by molar-refractivity contribution is 7.89. The Kier molecular flexibility index (Phi) is 6.49. The van der Waals surface area contributed by atoms with E-state index >= 15 is 0 Å². The van der Waals surface area contributed by atoms with E-state index in [4.69, 9.17) is 16.3 Å². The third-order valence-corrected chi connectivity index (χ3v) is 7.19. The van der Waals surface area contributed by atoms with Gasteiger partial charge in [0.15, 0.2) is 0 Å². The van der Waals surface area contributed by atoms with Crippen molar-refractivity contribution in [3.8, 4) is 5.75 Å². The summed E-state index contributed by atoms with van der Waals surface area (Å²) < 4.78 is 84.6. The molecule has 1 heterocycles. The molecule has 3 rings (SSSR count). The normalized spacial score (nSPS) is 15.7. The van der Waals surface area contributed by atoms with Gasteiger partial charge in [-0.15, -0.1) is 0 Å². The Hall–Kier alpha value is -2.37. The van der Waals surface area contributed by atoms with Crippen molar-refractivity contribution >= 4 is 27.5 Å². The number of methoxy groups -OCH3 is 1. The third-order valence-electron chi connectivity index (χ3n) is 4.81. The van der Waals surface area contributed by atoms with Gasteiger partial charge in [0.25, 0.3) is 5.91 Å². The van der Waals surface area contributed by atoms with Gasteiger partial charge in [-0.05, 0) is 30.3 Å². The smallest absolute Gasteiger partial charge is 0.416 e. The number of carbonyl (C=O) groups is 1. The lowest BCUT2D eigenvalue weighted by atomic mass is 10.1. The molecule has 0 spiro atoms. The summed E-state index contributed by atoms with van der Waals surface area (Å²) in [6.07, 6.45) is -4.73. The molecular formula is C19H17ClF4N2O4S. The van der Waals surface area contributed by atoms with Gasteiger partial charge in [-0.1, -0.05) is 11.6 Å². The highest BCUT2D eigenvalue weighted by Crippen LogP contribution is 2.34. The first-order chi connectivity index (χ1) is 14.4. The summed E-state index contributed by atoms with van der Waals surface area (Å²) in [4.78, 5) is 13.2. The molecule has 0 saturated carbocycles. The molecule has 1 saturated heterocycles. The molecular weight excluding hydrogens is 464 g/mol. The molecule has 0 aromatic heterocycles. The molecule has 31 heavy (non-hydrogen) atoms. The summed E-state index contributed by atoms with van der Waals surface area (Å²) in [5.41, 5.74) is -1.34. The first-order valence-electron chi connectivity index (χ1n) is 8.95. The molecule has 2 aromatic carbocycles. The van der Waals surface area contributed by atoms with E-state index in [2.05, 4.69) is 0 Å². The fraction of sp³-hybridized carbons (Fsp3) is 0.316. The highest BCUT2D eigenvalue weighted by atomic mass is 35.5. The quantitative estimate of drug-likeness (QED) is 0.627. The van der Waals surface area contributed by atoms with Crippen LogP contribution in [-0.2, 0) is 16.2 Å². The lowest BCUT2D eigenvalue weighted by Gasteiger charge is -2.34. The maximum Gasteiger partial charge on any atom is 0.416 e. The van der Waals surface area contributed by atoms with Gasteiger partial charge in [0.2, 0.25) is 10.0 Å². The van der Waals surface area contributed by atoms with Crippen LogP contribution in [-0.4, -0.2) is 56.8 Å². The van der Waals surface area contributed by atoms with Crippen molar-refractivity contribution < 1.29 is 35.5 Å². The van der Waals surface area contributed by atoms with E-state index in [9.17, 15) is 30.8 Å². The summed E-state index contributed by atoms with van der Waals surface area (Å²) in [7, 11) is -2.98. The van der Waals surface area contributed by atoms with Gasteiger partial charge in [-0.25, -0.2) is 12.8 Å². The standard InChI is InChI=1S/C19H17ClF4N2O4S/c1-30-13-3-4-14(16(21)11-13)18(27)25-6-8-26(9-7-25)31(28,29)17-10-12(19(22,23)24)2-5-15(17)20/h2-5,10-11H,6-9H2,1H3. The molecule has 1 aliphatic heterocycles. The Morgan fingerprint density at radius 1 is 1.06 bits per heavy atom. The van der Waals surface area contributed by atoms with E-state index in [1.807, 2.05) is 0 Å². The Morgan fingerprint density at radius 2 is 1.71 bits per heavy atom. The van der Waals surface area contributed by atoms with Gasteiger partial charge in [-0.3, -0.25) is 4.79 Å². The molecule has 12 heteroatoms. The van der Waals surface area contributed by atoms with Crippen LogP contribution in [0, 0.1) is 5.82 Å². The number of hydrogen-bond acceptors (Lipinski definition) is 4. The number of benzene rings is 2. The number of ether oxygens (including phenoxy) is 1. The molecule has 168 valence electrons. The van der Waals surface area contributed by atoms with Crippen LogP contribution in [0.25, 0.3) is 0 Å². The number of hydrogen-bond donors (Lipinski definition) is 0. The average Bonchev–Trinajstić information content (AvgIpc) is 2.72. The summed E-state index contributed by atoms with van der Waals surface area (Å²) in [6, 6.07) is 5.81. The van der Waals surface area contributed by atoms with Gasteiger partial charge in [0.1, 0.15) is 16.5 Å². The first-order valence-corrected chi connectivity index (χ1v) is 10.8. The largest absolute Gasteiger partial charge is 0.497 e. The zero-order valence-electron chi connectivity index (χ0n) is 16.1. The number of carbonyl (C=O) groups excluding carboxylic acids is 1. The van der Waals surface area contributed by atoms with E-state index < -0.39 is 38.4 Å². The van der Waals surface area contributed by atoms with E-state index in [1.54, 1.807) is 0 Å². The zero-order chi connectivity index (χ0) is 23.0. The number of nitrogens with zero attached hydrogens (tertiary/aromatic N) is 2. The Bertz CT molecular complexity index is 1100. The van der Waals surface area contributed by atoms with Crippen molar-refractivity contribution in [2.24, 2.45) is 0 Å². The highest BCUT2D eigenvalue weighted by Gasteiger charge is 2.36. The van der Waals surface area contributed by atoms with E-state index in [1.165, 1.54) is 24.1 Å². The van der Waals surface area contributed by atoms with Gasteiger partial charge in [0.05, 0.1) is 23.3 Å². The topological polar surface area (TPSA) is 66.9 Å². The van der Waals surface area contributed by atoms with E-state index in [-0.39, 0.29) is 42.5 Å². The van der Waals surface area contributed by atoms with Crippen LogP contribution in [0.3, 0.4) is 0 Å². The van der Waals surface area contributed by atoms with Crippen molar-refractivity contribution in [1.29, 1.82) is 0 Å². The number of amides is 1. The Morgan fingerprint density at radius 3 is 2.26 bits per heavy atom. The van der Waals surface area contributed by atoms with Gasteiger partial charge >= 0.3 is 6.18 Å². The molecule has 0 unspecified atom stereocenters. The monoisotopic (exact) mass is 480 g/mol. The van der Waals surface area contributed by atoms with Crippen molar-refractivity contribution in [3.05, 3.63) is 58.4 Å². The van der Waals surface area contributed by atoms with Crippen molar-refractivity contribution in [2.75, 3.05) is 33.3 Å². The molecule has 0 aliphatic carbocycles. The molecule has 0 N–H and O–H groups in total. The second-order valence-electron chi connectivity index (χ2n) is 6.69. The molecule has 2 aromatic rings. The summed E-state index contributed by atoms with van der Waals surface area (Å²) in [5, 5.41) is -0.341. The number of alkyl halides is 3. The molecule has 6 nitrogen and oxygen atoms in total. The maximum atomic E-state index is 14.2. The van der Waals surface area contributed by atoms with Gasteiger partial charge in [0, 0.05) is 32.2 Å². The van der Waals surface area contributed by atoms with Crippen molar-refractivity contribution in [1.82, 2.24) is 9.21 Å². The molecule has 1 fully saturated rings. The molecule has 1 aliphatic rings. The Labute approximate surface area is 181 Å². The van der Waals surface area contributed by atoms with Crippen LogP contribution in [0.2, 0.25) is 5.02 Å².